The molecule has 1 amide bonds. The number of nitrogens with zero attached hydrogens (tertiary/aromatic N) is 1. The smallest absolute Gasteiger partial charge is 0.246 e. The third-order valence-corrected chi connectivity index (χ3v) is 4.59. The molecule has 1 atom stereocenters. The molecule has 1 aromatic rings. The van der Waals surface area contributed by atoms with E-state index >= 15 is 0 Å². The number of piperidine rings is 1. The first-order valence-corrected chi connectivity index (χ1v) is 8.66. The largest absolute Gasteiger partial charge is 0.497 e. The minimum atomic E-state index is -0.297. The van der Waals surface area contributed by atoms with E-state index in [9.17, 15) is 4.79 Å². The van der Waals surface area contributed by atoms with Crippen LogP contribution in [0.25, 0.3) is 6.08 Å². The first kappa shape index (κ1) is 17.8. The average molecular weight is 347 g/mol. The molecule has 136 valence electrons. The molecule has 0 aliphatic carbocycles. The van der Waals surface area contributed by atoms with Gasteiger partial charge in [-0.2, -0.15) is 0 Å². The van der Waals surface area contributed by atoms with Gasteiger partial charge in [0.15, 0.2) is 6.29 Å². The Hall–Kier alpha value is -2.05. The molecule has 6 nitrogen and oxygen atoms in total. The Morgan fingerprint density at radius 1 is 1.12 bits per heavy atom. The number of carbonyl (C=O) groups excluding carboxylic acids is 1. The molecule has 6 heteroatoms. The zero-order valence-electron chi connectivity index (χ0n) is 14.8. The fourth-order valence-electron chi connectivity index (χ4n) is 3.30. The van der Waals surface area contributed by atoms with Gasteiger partial charge in [0.05, 0.1) is 33.5 Å². The lowest BCUT2D eigenvalue weighted by atomic mass is 10.0. The summed E-state index contributed by atoms with van der Waals surface area (Å²) in [7, 11) is 3.21. The second-order valence-corrected chi connectivity index (χ2v) is 6.18. The summed E-state index contributed by atoms with van der Waals surface area (Å²) in [5.74, 6) is 1.36. The molecule has 2 heterocycles. The van der Waals surface area contributed by atoms with Crippen LogP contribution in [-0.2, 0) is 14.3 Å². The molecule has 2 saturated heterocycles. The van der Waals surface area contributed by atoms with Crippen molar-refractivity contribution in [1.82, 2.24) is 4.90 Å². The monoisotopic (exact) mass is 347 g/mol. The molecular weight excluding hydrogens is 322 g/mol. The number of rotatable bonds is 5. The van der Waals surface area contributed by atoms with E-state index in [1.165, 1.54) is 0 Å². The number of hydrogen-bond donors (Lipinski definition) is 0. The van der Waals surface area contributed by atoms with Gasteiger partial charge in [0, 0.05) is 18.7 Å². The molecule has 0 bridgehead atoms. The summed E-state index contributed by atoms with van der Waals surface area (Å²) in [6.07, 6.45) is 6.10. The van der Waals surface area contributed by atoms with Crippen LogP contribution < -0.4 is 9.47 Å². The van der Waals surface area contributed by atoms with Gasteiger partial charge in [-0.25, -0.2) is 0 Å². The van der Waals surface area contributed by atoms with Crippen LogP contribution in [0.3, 0.4) is 0 Å². The van der Waals surface area contributed by atoms with Crippen molar-refractivity contribution in [3.63, 3.8) is 0 Å². The van der Waals surface area contributed by atoms with Crippen LogP contribution in [-0.4, -0.2) is 57.1 Å². The van der Waals surface area contributed by atoms with Crippen molar-refractivity contribution in [3.8, 4) is 11.5 Å². The Kier molecular flexibility index (Phi) is 5.94. The number of hydrogen-bond acceptors (Lipinski definition) is 5. The molecule has 0 saturated carbocycles. The van der Waals surface area contributed by atoms with Gasteiger partial charge in [-0.05, 0) is 43.0 Å². The van der Waals surface area contributed by atoms with Crippen molar-refractivity contribution in [2.45, 2.75) is 31.6 Å². The number of amides is 1. The fourth-order valence-corrected chi connectivity index (χ4v) is 3.30. The summed E-state index contributed by atoms with van der Waals surface area (Å²) in [4.78, 5) is 14.6. The highest BCUT2D eigenvalue weighted by Gasteiger charge is 2.35. The summed E-state index contributed by atoms with van der Waals surface area (Å²) in [6.45, 7) is 1.93. The van der Waals surface area contributed by atoms with Crippen LogP contribution in [0.4, 0.5) is 0 Å². The normalized spacial score (nSPS) is 21.7. The molecule has 3 rings (SSSR count). The molecular formula is C19H25NO5. The number of carbonyl (C=O) groups is 1. The topological polar surface area (TPSA) is 57.2 Å². The molecule has 2 aliphatic rings. The van der Waals surface area contributed by atoms with Gasteiger partial charge in [0.25, 0.3) is 0 Å². The molecule has 25 heavy (non-hydrogen) atoms. The van der Waals surface area contributed by atoms with Gasteiger partial charge in [-0.3, -0.25) is 4.79 Å². The van der Waals surface area contributed by atoms with E-state index in [1.54, 1.807) is 32.4 Å². The Bertz CT molecular complexity index is 602. The minimum absolute atomic E-state index is 0.00625. The quantitative estimate of drug-likeness (QED) is 0.766. The van der Waals surface area contributed by atoms with Gasteiger partial charge in [0.1, 0.15) is 11.5 Å². The first-order valence-electron chi connectivity index (χ1n) is 8.66. The van der Waals surface area contributed by atoms with E-state index in [0.29, 0.717) is 24.7 Å². The first-order chi connectivity index (χ1) is 12.2. The maximum atomic E-state index is 12.7. The van der Waals surface area contributed by atoms with Gasteiger partial charge >= 0.3 is 0 Å². The summed E-state index contributed by atoms with van der Waals surface area (Å²) >= 11 is 0. The third-order valence-electron chi connectivity index (χ3n) is 4.59. The van der Waals surface area contributed by atoms with Crippen LogP contribution in [0.2, 0.25) is 0 Å². The molecule has 0 aromatic heterocycles. The van der Waals surface area contributed by atoms with Gasteiger partial charge in [-0.1, -0.05) is 0 Å². The predicted octanol–water partition coefficient (Wildman–Crippen LogP) is 2.47. The SMILES string of the molecule is COc1cc(C=CC(=O)N2CCCCC2C2OCCO2)cc(OC)c1. The Morgan fingerprint density at radius 3 is 2.44 bits per heavy atom. The van der Waals surface area contributed by atoms with Gasteiger partial charge < -0.3 is 23.8 Å². The summed E-state index contributed by atoms with van der Waals surface area (Å²) in [5.41, 5.74) is 0.853. The number of benzene rings is 1. The molecule has 0 radical (unpaired) electrons. The maximum Gasteiger partial charge on any atom is 0.246 e. The van der Waals surface area contributed by atoms with Crippen molar-refractivity contribution in [2.75, 3.05) is 34.0 Å². The maximum absolute atomic E-state index is 12.7. The third kappa shape index (κ3) is 4.32. The van der Waals surface area contributed by atoms with Crippen molar-refractivity contribution < 1.29 is 23.7 Å². The van der Waals surface area contributed by atoms with Crippen molar-refractivity contribution in [1.29, 1.82) is 0 Å². The summed E-state index contributed by atoms with van der Waals surface area (Å²) in [5, 5.41) is 0. The highest BCUT2D eigenvalue weighted by molar-refractivity contribution is 5.92. The lowest BCUT2D eigenvalue weighted by Crippen LogP contribution is -2.49. The zero-order valence-corrected chi connectivity index (χ0v) is 14.8. The Labute approximate surface area is 148 Å². The van der Waals surface area contributed by atoms with Crippen molar-refractivity contribution in [3.05, 3.63) is 29.8 Å². The Morgan fingerprint density at radius 2 is 1.80 bits per heavy atom. The van der Waals surface area contributed by atoms with E-state index in [1.807, 2.05) is 17.0 Å². The summed E-state index contributed by atoms with van der Waals surface area (Å²) in [6, 6.07) is 5.52. The zero-order chi connectivity index (χ0) is 17.6. The van der Waals surface area contributed by atoms with Crippen LogP contribution in [0.15, 0.2) is 24.3 Å². The molecule has 0 N–H and O–H groups in total. The number of ether oxygens (including phenoxy) is 4. The summed E-state index contributed by atoms with van der Waals surface area (Å²) < 4.78 is 21.8. The number of likely N-dealkylation sites (tertiary alicyclic amines) is 1. The van der Waals surface area contributed by atoms with Crippen molar-refractivity contribution in [2.24, 2.45) is 0 Å². The Balaban J connectivity index is 1.72. The second kappa shape index (κ2) is 8.36. The molecule has 1 aromatic carbocycles. The van der Waals surface area contributed by atoms with Crippen molar-refractivity contribution >= 4 is 12.0 Å². The highest BCUT2D eigenvalue weighted by atomic mass is 16.7. The van der Waals surface area contributed by atoms with Crippen LogP contribution in [0, 0.1) is 0 Å². The van der Waals surface area contributed by atoms with Crippen LogP contribution in [0.5, 0.6) is 11.5 Å². The predicted molar refractivity (Wildman–Crippen MR) is 93.6 cm³/mol. The molecule has 1 unspecified atom stereocenters. The molecule has 0 spiro atoms. The highest BCUT2D eigenvalue weighted by Crippen LogP contribution is 2.26. The lowest BCUT2D eigenvalue weighted by Gasteiger charge is -2.37. The molecule has 2 fully saturated rings. The van der Waals surface area contributed by atoms with Crippen LogP contribution in [0.1, 0.15) is 24.8 Å². The second-order valence-electron chi connectivity index (χ2n) is 6.18. The van der Waals surface area contributed by atoms with Gasteiger partial charge in [-0.15, -0.1) is 0 Å². The van der Waals surface area contributed by atoms with E-state index in [2.05, 4.69) is 0 Å². The number of methoxy groups -OCH3 is 2. The lowest BCUT2D eigenvalue weighted by molar-refractivity contribution is -0.145. The van der Waals surface area contributed by atoms with Gasteiger partial charge in [0.2, 0.25) is 5.91 Å². The minimum Gasteiger partial charge on any atom is -0.497 e. The van der Waals surface area contributed by atoms with Crippen LogP contribution >= 0.6 is 0 Å². The standard InChI is InChI=1S/C19H25NO5/c1-22-15-11-14(12-16(13-15)23-2)6-7-18(21)20-8-4-3-5-17(20)19-24-9-10-25-19/h6-7,11-13,17,19H,3-5,8-10H2,1-2H3. The van der Waals surface area contributed by atoms with E-state index < -0.39 is 0 Å². The fraction of sp³-hybridized carbons (Fsp3) is 0.526. The van der Waals surface area contributed by atoms with E-state index in [0.717, 1.165) is 31.4 Å². The molecule has 2 aliphatic heterocycles. The van der Waals surface area contributed by atoms with E-state index in [4.69, 9.17) is 18.9 Å². The van der Waals surface area contributed by atoms with E-state index in [-0.39, 0.29) is 18.2 Å². The average Bonchev–Trinajstić information content (AvgIpc) is 3.20.